The van der Waals surface area contributed by atoms with Gasteiger partial charge in [-0.1, -0.05) is 13.0 Å². The molecule has 2 atom stereocenters. The van der Waals surface area contributed by atoms with Gasteiger partial charge in [0.25, 0.3) is 5.91 Å². The molecule has 1 aromatic carbocycles. The van der Waals surface area contributed by atoms with Crippen LogP contribution in [0, 0.1) is 18.8 Å². The molecule has 1 saturated carbocycles. The van der Waals surface area contributed by atoms with Crippen LogP contribution < -0.4 is 5.32 Å². The maximum atomic E-state index is 11.7. The van der Waals surface area contributed by atoms with Crippen molar-refractivity contribution >= 4 is 5.91 Å². The molecule has 2 N–H and O–H groups in total. The number of rotatable bonds is 3. The molecule has 1 aliphatic rings. The van der Waals surface area contributed by atoms with Crippen LogP contribution >= 0.6 is 0 Å². The van der Waals surface area contributed by atoms with Gasteiger partial charge < -0.3 is 10.4 Å². The molecule has 2 unspecified atom stereocenters. The highest BCUT2D eigenvalue weighted by atomic mass is 16.3. The predicted octanol–water partition coefficient (Wildman–Crippen LogP) is 2.09. The second-order valence-corrected chi connectivity index (χ2v) is 4.68. The van der Waals surface area contributed by atoms with Crippen LogP contribution in [-0.4, -0.2) is 17.6 Å². The minimum atomic E-state index is -0.102. The highest BCUT2D eigenvalue weighted by molar-refractivity contribution is 5.94. The molecule has 0 aliphatic heterocycles. The molecule has 0 radical (unpaired) electrons. The van der Waals surface area contributed by atoms with Gasteiger partial charge in [-0.25, -0.2) is 0 Å². The molecule has 0 saturated heterocycles. The van der Waals surface area contributed by atoms with Crippen LogP contribution in [0.15, 0.2) is 18.2 Å². The molecule has 2 rings (SSSR count). The first kappa shape index (κ1) is 11.0. The Morgan fingerprint density at radius 1 is 1.56 bits per heavy atom. The van der Waals surface area contributed by atoms with E-state index >= 15 is 0 Å². The lowest BCUT2D eigenvalue weighted by Crippen LogP contribution is -2.25. The van der Waals surface area contributed by atoms with Crippen molar-refractivity contribution in [2.45, 2.75) is 20.3 Å². The fourth-order valence-electron chi connectivity index (χ4n) is 1.76. The molecular weight excluding hydrogens is 202 g/mol. The molecule has 1 fully saturated rings. The number of hydrogen-bond acceptors (Lipinski definition) is 2. The van der Waals surface area contributed by atoms with E-state index < -0.39 is 0 Å². The van der Waals surface area contributed by atoms with E-state index in [1.54, 1.807) is 12.1 Å². The Morgan fingerprint density at radius 2 is 2.25 bits per heavy atom. The van der Waals surface area contributed by atoms with E-state index in [0.717, 1.165) is 18.0 Å². The Kier molecular flexibility index (Phi) is 2.86. The van der Waals surface area contributed by atoms with Gasteiger partial charge in [0, 0.05) is 12.1 Å². The van der Waals surface area contributed by atoms with Gasteiger partial charge in [0.2, 0.25) is 0 Å². The standard InChI is InChI=1S/C13H17NO2/c1-8-3-4-10(6-12(8)15)13(16)14-7-11-5-9(11)2/h3-4,6,9,11,15H,5,7H2,1-2H3,(H,14,16). The number of aromatic hydroxyl groups is 1. The summed E-state index contributed by atoms with van der Waals surface area (Å²) < 4.78 is 0. The third kappa shape index (κ3) is 2.35. The zero-order chi connectivity index (χ0) is 11.7. The Hall–Kier alpha value is -1.51. The van der Waals surface area contributed by atoms with Crippen LogP contribution in [0.2, 0.25) is 0 Å². The first-order valence-corrected chi connectivity index (χ1v) is 5.65. The van der Waals surface area contributed by atoms with Gasteiger partial charge in [0.05, 0.1) is 0 Å². The van der Waals surface area contributed by atoms with E-state index in [4.69, 9.17) is 0 Å². The van der Waals surface area contributed by atoms with Crippen LogP contribution in [0.3, 0.4) is 0 Å². The van der Waals surface area contributed by atoms with Crippen molar-refractivity contribution < 1.29 is 9.90 Å². The Morgan fingerprint density at radius 3 is 2.81 bits per heavy atom. The van der Waals surface area contributed by atoms with Crippen molar-refractivity contribution in [2.24, 2.45) is 11.8 Å². The largest absolute Gasteiger partial charge is 0.508 e. The second-order valence-electron chi connectivity index (χ2n) is 4.68. The molecule has 3 heteroatoms. The van der Waals surface area contributed by atoms with Gasteiger partial charge in [0.1, 0.15) is 5.75 Å². The number of phenols is 1. The monoisotopic (exact) mass is 219 g/mol. The minimum absolute atomic E-state index is 0.102. The van der Waals surface area contributed by atoms with Crippen LogP contribution in [0.4, 0.5) is 0 Å². The summed E-state index contributed by atoms with van der Waals surface area (Å²) in [6.45, 7) is 4.74. The summed E-state index contributed by atoms with van der Waals surface area (Å²) in [6.07, 6.45) is 1.21. The van der Waals surface area contributed by atoms with E-state index in [0.29, 0.717) is 11.5 Å². The Labute approximate surface area is 95.5 Å². The third-order valence-corrected chi connectivity index (χ3v) is 3.27. The number of carbonyl (C=O) groups excluding carboxylic acids is 1. The first-order valence-electron chi connectivity index (χ1n) is 5.65. The van der Waals surface area contributed by atoms with E-state index in [1.807, 2.05) is 6.92 Å². The van der Waals surface area contributed by atoms with Crippen LogP contribution in [0.5, 0.6) is 5.75 Å². The topological polar surface area (TPSA) is 49.3 Å². The zero-order valence-corrected chi connectivity index (χ0v) is 9.66. The Balaban J connectivity index is 1.95. The summed E-state index contributed by atoms with van der Waals surface area (Å²) in [4.78, 5) is 11.7. The van der Waals surface area contributed by atoms with E-state index in [1.165, 1.54) is 12.5 Å². The van der Waals surface area contributed by atoms with Gasteiger partial charge in [-0.15, -0.1) is 0 Å². The van der Waals surface area contributed by atoms with Crippen molar-refractivity contribution in [2.75, 3.05) is 6.54 Å². The molecule has 86 valence electrons. The summed E-state index contributed by atoms with van der Waals surface area (Å²) in [5.74, 6) is 1.46. The molecule has 1 aliphatic carbocycles. The lowest BCUT2D eigenvalue weighted by molar-refractivity contribution is 0.0951. The summed E-state index contributed by atoms with van der Waals surface area (Å²) in [6, 6.07) is 5.01. The Bertz CT molecular complexity index is 414. The fourth-order valence-corrected chi connectivity index (χ4v) is 1.76. The van der Waals surface area contributed by atoms with Crippen molar-refractivity contribution in [1.29, 1.82) is 0 Å². The highest BCUT2D eigenvalue weighted by Crippen LogP contribution is 2.36. The zero-order valence-electron chi connectivity index (χ0n) is 9.66. The fraction of sp³-hybridized carbons (Fsp3) is 0.462. The molecular formula is C13H17NO2. The van der Waals surface area contributed by atoms with Crippen LogP contribution in [0.1, 0.15) is 29.3 Å². The molecule has 0 bridgehead atoms. The number of benzene rings is 1. The molecule has 0 spiro atoms. The smallest absolute Gasteiger partial charge is 0.251 e. The average molecular weight is 219 g/mol. The quantitative estimate of drug-likeness (QED) is 0.817. The highest BCUT2D eigenvalue weighted by Gasteiger charge is 2.32. The summed E-state index contributed by atoms with van der Waals surface area (Å²) in [7, 11) is 0. The van der Waals surface area contributed by atoms with Crippen molar-refractivity contribution in [1.82, 2.24) is 5.32 Å². The van der Waals surface area contributed by atoms with Gasteiger partial charge in [-0.2, -0.15) is 0 Å². The number of hydrogen-bond donors (Lipinski definition) is 2. The van der Waals surface area contributed by atoms with E-state index in [9.17, 15) is 9.90 Å². The molecule has 3 nitrogen and oxygen atoms in total. The maximum absolute atomic E-state index is 11.7. The van der Waals surface area contributed by atoms with Gasteiger partial charge in [0.15, 0.2) is 0 Å². The molecule has 1 amide bonds. The molecule has 1 aromatic rings. The van der Waals surface area contributed by atoms with Crippen molar-refractivity contribution in [3.63, 3.8) is 0 Å². The van der Waals surface area contributed by atoms with Crippen LogP contribution in [-0.2, 0) is 0 Å². The normalized spacial score (nSPS) is 22.9. The van der Waals surface area contributed by atoms with Crippen molar-refractivity contribution in [3.05, 3.63) is 29.3 Å². The van der Waals surface area contributed by atoms with Crippen molar-refractivity contribution in [3.8, 4) is 5.75 Å². The number of amides is 1. The minimum Gasteiger partial charge on any atom is -0.508 e. The number of nitrogens with one attached hydrogen (secondary N) is 1. The third-order valence-electron chi connectivity index (χ3n) is 3.27. The second kappa shape index (κ2) is 4.16. The first-order chi connectivity index (χ1) is 7.58. The number of carbonyl (C=O) groups is 1. The SMILES string of the molecule is Cc1ccc(C(=O)NCC2CC2C)cc1O. The maximum Gasteiger partial charge on any atom is 0.251 e. The average Bonchev–Trinajstić information content (AvgIpc) is 2.95. The molecule has 0 heterocycles. The lowest BCUT2D eigenvalue weighted by atomic mass is 10.1. The molecule has 0 aromatic heterocycles. The van der Waals surface area contributed by atoms with Crippen LogP contribution in [0.25, 0.3) is 0 Å². The van der Waals surface area contributed by atoms with Gasteiger partial charge in [-0.3, -0.25) is 4.79 Å². The molecule has 16 heavy (non-hydrogen) atoms. The number of phenolic OH excluding ortho intramolecular Hbond substituents is 1. The van der Waals surface area contributed by atoms with Gasteiger partial charge in [-0.05, 0) is 42.9 Å². The lowest BCUT2D eigenvalue weighted by Gasteiger charge is -2.06. The van der Waals surface area contributed by atoms with Gasteiger partial charge >= 0.3 is 0 Å². The summed E-state index contributed by atoms with van der Waals surface area (Å²) in [5, 5.41) is 12.4. The predicted molar refractivity (Wildman–Crippen MR) is 62.4 cm³/mol. The van der Waals surface area contributed by atoms with E-state index in [2.05, 4.69) is 12.2 Å². The summed E-state index contributed by atoms with van der Waals surface area (Å²) in [5.41, 5.74) is 1.31. The number of aryl methyl sites for hydroxylation is 1. The summed E-state index contributed by atoms with van der Waals surface area (Å²) >= 11 is 0. The van der Waals surface area contributed by atoms with E-state index in [-0.39, 0.29) is 11.7 Å².